The lowest BCUT2D eigenvalue weighted by atomic mass is 9.68. The average Bonchev–Trinajstić information content (AvgIpc) is 3.17. The molecule has 0 bridgehead atoms. The van der Waals surface area contributed by atoms with Gasteiger partial charge in [0, 0.05) is 5.39 Å². The first-order valence-electron chi connectivity index (χ1n) is 11.3. The van der Waals surface area contributed by atoms with Crippen LogP contribution in [-0.2, 0) is 0 Å². The average molecular weight is 353 g/mol. The molecule has 2 fully saturated rings. The molecular formula is C25H36O. The zero-order valence-corrected chi connectivity index (χ0v) is 16.6. The molecule has 0 saturated heterocycles. The van der Waals surface area contributed by atoms with E-state index in [0.29, 0.717) is 0 Å². The summed E-state index contributed by atoms with van der Waals surface area (Å²) in [5, 5.41) is 1.27. The molecule has 0 aliphatic heterocycles. The van der Waals surface area contributed by atoms with Gasteiger partial charge in [-0.05, 0) is 86.0 Å². The van der Waals surface area contributed by atoms with Crippen molar-refractivity contribution in [1.82, 2.24) is 0 Å². The molecular weight excluding hydrogens is 316 g/mol. The Balaban J connectivity index is 1.25. The van der Waals surface area contributed by atoms with Gasteiger partial charge in [0.2, 0.25) is 0 Å². The summed E-state index contributed by atoms with van der Waals surface area (Å²) in [5.74, 6) is 3.88. The van der Waals surface area contributed by atoms with Crippen LogP contribution in [-0.4, -0.2) is 0 Å². The second-order valence-electron chi connectivity index (χ2n) is 9.11. The number of unbranched alkanes of at least 4 members (excludes halogenated alkanes) is 2. The third kappa shape index (κ3) is 4.18. The van der Waals surface area contributed by atoms with Gasteiger partial charge in [-0.1, -0.05) is 51.5 Å². The first kappa shape index (κ1) is 18.1. The predicted molar refractivity (Wildman–Crippen MR) is 111 cm³/mol. The summed E-state index contributed by atoms with van der Waals surface area (Å²) in [5.41, 5.74) is 2.56. The summed E-state index contributed by atoms with van der Waals surface area (Å²) < 4.78 is 5.50. The van der Waals surface area contributed by atoms with Crippen molar-refractivity contribution in [3.8, 4) is 0 Å². The zero-order valence-electron chi connectivity index (χ0n) is 16.6. The number of benzene rings is 1. The second kappa shape index (κ2) is 8.63. The topological polar surface area (TPSA) is 13.1 Å². The zero-order chi connectivity index (χ0) is 17.8. The smallest absolute Gasteiger partial charge is 0.133 e. The minimum atomic E-state index is 0.774. The number of furan rings is 1. The summed E-state index contributed by atoms with van der Waals surface area (Å²) >= 11 is 0. The summed E-state index contributed by atoms with van der Waals surface area (Å²) in [6, 6.07) is 8.93. The van der Waals surface area contributed by atoms with Crippen LogP contribution in [0.15, 0.2) is 34.9 Å². The van der Waals surface area contributed by atoms with Gasteiger partial charge in [-0.3, -0.25) is 0 Å². The molecule has 1 nitrogen and oxygen atoms in total. The molecule has 0 amide bonds. The first-order valence-corrected chi connectivity index (χ1v) is 11.3. The van der Waals surface area contributed by atoms with E-state index in [4.69, 9.17) is 4.42 Å². The van der Waals surface area contributed by atoms with Gasteiger partial charge in [0.1, 0.15) is 5.58 Å². The molecule has 0 radical (unpaired) electrons. The molecule has 0 N–H and O–H groups in total. The molecule has 26 heavy (non-hydrogen) atoms. The van der Waals surface area contributed by atoms with E-state index in [2.05, 4.69) is 31.2 Å². The molecule has 142 valence electrons. The largest absolute Gasteiger partial charge is 0.464 e. The Bertz CT molecular complexity index is 668. The lowest BCUT2D eigenvalue weighted by Gasteiger charge is -2.38. The van der Waals surface area contributed by atoms with Crippen LogP contribution in [0.1, 0.15) is 95.5 Å². The normalized spacial score (nSPS) is 29.9. The van der Waals surface area contributed by atoms with E-state index in [-0.39, 0.29) is 0 Å². The molecule has 0 unspecified atom stereocenters. The standard InChI is InChI=1S/C25H36O/c1-2-3-4-5-19-6-8-20(9-7-19)21-10-12-22(13-11-21)23-14-15-25-24(18-23)16-17-26-25/h14-22H,2-13H2,1H3. The molecule has 2 saturated carbocycles. The van der Waals surface area contributed by atoms with Gasteiger partial charge in [0.15, 0.2) is 0 Å². The maximum Gasteiger partial charge on any atom is 0.133 e. The van der Waals surface area contributed by atoms with Crippen molar-refractivity contribution in [2.75, 3.05) is 0 Å². The van der Waals surface area contributed by atoms with E-state index < -0.39 is 0 Å². The van der Waals surface area contributed by atoms with Crippen molar-refractivity contribution < 1.29 is 4.42 Å². The Morgan fingerprint density at radius 1 is 0.846 bits per heavy atom. The third-order valence-electron chi connectivity index (χ3n) is 7.49. The van der Waals surface area contributed by atoms with E-state index in [0.717, 1.165) is 29.3 Å². The minimum absolute atomic E-state index is 0.774. The lowest BCUT2D eigenvalue weighted by Crippen LogP contribution is -2.25. The molecule has 1 aromatic heterocycles. The predicted octanol–water partition coefficient (Wildman–Crippen LogP) is 8.09. The molecule has 4 rings (SSSR count). The SMILES string of the molecule is CCCCCC1CCC(C2CCC(c3ccc4occc4c3)CC2)CC1. The van der Waals surface area contributed by atoms with Crippen molar-refractivity contribution in [3.63, 3.8) is 0 Å². The Kier molecular flexibility index (Phi) is 6.02. The Morgan fingerprint density at radius 2 is 1.58 bits per heavy atom. The van der Waals surface area contributed by atoms with Gasteiger partial charge in [-0.15, -0.1) is 0 Å². The lowest BCUT2D eigenvalue weighted by molar-refractivity contribution is 0.155. The quantitative estimate of drug-likeness (QED) is 0.479. The van der Waals surface area contributed by atoms with Crippen molar-refractivity contribution in [2.45, 2.75) is 89.9 Å². The Labute approximate surface area is 159 Å². The molecule has 2 aliphatic carbocycles. The highest BCUT2D eigenvalue weighted by molar-refractivity contribution is 5.77. The summed E-state index contributed by atoms with van der Waals surface area (Å²) in [6.07, 6.45) is 19.4. The Morgan fingerprint density at radius 3 is 2.31 bits per heavy atom. The number of hydrogen-bond donors (Lipinski definition) is 0. The molecule has 0 spiro atoms. The summed E-state index contributed by atoms with van der Waals surface area (Å²) in [4.78, 5) is 0. The van der Waals surface area contributed by atoms with Crippen LogP contribution in [0.25, 0.3) is 11.0 Å². The molecule has 1 aromatic carbocycles. The highest BCUT2D eigenvalue weighted by Gasteiger charge is 2.31. The van der Waals surface area contributed by atoms with Gasteiger partial charge < -0.3 is 4.42 Å². The number of rotatable bonds is 6. The van der Waals surface area contributed by atoms with Crippen LogP contribution >= 0.6 is 0 Å². The van der Waals surface area contributed by atoms with Gasteiger partial charge in [0.25, 0.3) is 0 Å². The molecule has 1 heteroatoms. The van der Waals surface area contributed by atoms with Crippen molar-refractivity contribution in [1.29, 1.82) is 0 Å². The van der Waals surface area contributed by atoms with Gasteiger partial charge in [-0.25, -0.2) is 0 Å². The third-order valence-corrected chi connectivity index (χ3v) is 7.49. The fourth-order valence-electron chi connectivity index (χ4n) is 5.79. The summed E-state index contributed by atoms with van der Waals surface area (Å²) in [6.45, 7) is 2.32. The molecule has 2 aliphatic rings. The van der Waals surface area contributed by atoms with Crippen molar-refractivity contribution >= 4 is 11.0 Å². The molecule has 2 aromatic rings. The van der Waals surface area contributed by atoms with E-state index in [1.165, 1.54) is 88.0 Å². The van der Waals surface area contributed by atoms with Gasteiger partial charge in [0.05, 0.1) is 6.26 Å². The van der Waals surface area contributed by atoms with Gasteiger partial charge >= 0.3 is 0 Å². The fraction of sp³-hybridized carbons (Fsp3) is 0.680. The Hall–Kier alpha value is -1.24. The van der Waals surface area contributed by atoms with Crippen LogP contribution in [0.3, 0.4) is 0 Å². The van der Waals surface area contributed by atoms with E-state index in [1.54, 1.807) is 0 Å². The number of fused-ring (bicyclic) bond motifs is 1. The van der Waals surface area contributed by atoms with Crippen LogP contribution in [0.5, 0.6) is 0 Å². The summed E-state index contributed by atoms with van der Waals surface area (Å²) in [7, 11) is 0. The van der Waals surface area contributed by atoms with Crippen LogP contribution < -0.4 is 0 Å². The van der Waals surface area contributed by atoms with Crippen LogP contribution in [0.2, 0.25) is 0 Å². The fourth-order valence-corrected chi connectivity index (χ4v) is 5.79. The van der Waals surface area contributed by atoms with Crippen molar-refractivity contribution in [2.24, 2.45) is 17.8 Å². The molecule has 0 atom stereocenters. The monoisotopic (exact) mass is 352 g/mol. The van der Waals surface area contributed by atoms with E-state index in [9.17, 15) is 0 Å². The van der Waals surface area contributed by atoms with Crippen molar-refractivity contribution in [3.05, 3.63) is 36.1 Å². The second-order valence-corrected chi connectivity index (χ2v) is 9.11. The number of hydrogen-bond acceptors (Lipinski definition) is 1. The highest BCUT2D eigenvalue weighted by Crippen LogP contribution is 2.44. The first-order chi connectivity index (χ1) is 12.8. The molecule has 1 heterocycles. The van der Waals surface area contributed by atoms with Crippen LogP contribution in [0.4, 0.5) is 0 Å². The maximum atomic E-state index is 5.50. The van der Waals surface area contributed by atoms with E-state index >= 15 is 0 Å². The highest BCUT2D eigenvalue weighted by atomic mass is 16.3. The van der Waals surface area contributed by atoms with Gasteiger partial charge in [-0.2, -0.15) is 0 Å². The maximum absolute atomic E-state index is 5.50. The van der Waals surface area contributed by atoms with E-state index in [1.807, 2.05) is 6.26 Å². The minimum Gasteiger partial charge on any atom is -0.464 e. The van der Waals surface area contributed by atoms with Crippen LogP contribution in [0, 0.1) is 17.8 Å².